The largest absolute Gasteiger partial charge is 1.00 e. The van der Waals surface area contributed by atoms with Gasteiger partial charge in [-0.3, -0.25) is 0 Å². The van der Waals surface area contributed by atoms with E-state index in [4.69, 9.17) is 9.47 Å². The minimum absolute atomic E-state index is 0. The fourth-order valence-electron chi connectivity index (χ4n) is 2.48. The Bertz CT molecular complexity index is 471. The molecule has 1 aliphatic heterocycles. The van der Waals surface area contributed by atoms with Crippen LogP contribution in [0.2, 0.25) is 0 Å². The number of pyridine rings is 1. The maximum absolute atomic E-state index is 12.2. The van der Waals surface area contributed by atoms with Gasteiger partial charge in [0, 0.05) is 11.8 Å². The lowest BCUT2D eigenvalue weighted by atomic mass is 10.3. The van der Waals surface area contributed by atoms with Gasteiger partial charge in [0.15, 0.2) is 0 Å². The van der Waals surface area contributed by atoms with Crippen molar-refractivity contribution in [3.8, 4) is 0 Å². The SMILES string of the molecule is CCOC(=O)[NH+](CC[NH+]1CCOCC1)c1cccc(C)n1.[Cl-].[Cl-]. The Hall–Kier alpha value is -0.920. The van der Waals surface area contributed by atoms with E-state index in [9.17, 15) is 4.79 Å². The van der Waals surface area contributed by atoms with Gasteiger partial charge in [0.1, 0.15) is 26.2 Å². The third kappa shape index (κ3) is 7.01. The molecule has 0 bridgehead atoms. The maximum atomic E-state index is 12.2. The highest BCUT2D eigenvalue weighted by atomic mass is 35.5. The second-order valence-corrected chi connectivity index (χ2v) is 5.23. The fraction of sp³-hybridized carbons (Fsp3) is 0.600. The number of aromatic nitrogens is 1. The van der Waals surface area contributed by atoms with Crippen molar-refractivity contribution in [3.63, 3.8) is 0 Å². The van der Waals surface area contributed by atoms with E-state index >= 15 is 0 Å². The van der Waals surface area contributed by atoms with E-state index in [0.29, 0.717) is 18.1 Å². The monoisotopic (exact) mass is 365 g/mol. The molecule has 2 heterocycles. The van der Waals surface area contributed by atoms with Crippen LogP contribution in [0.4, 0.5) is 10.6 Å². The number of ether oxygens (including phenoxy) is 2. The van der Waals surface area contributed by atoms with Gasteiger partial charge in [-0.25, -0.2) is 4.98 Å². The van der Waals surface area contributed by atoms with Gasteiger partial charge in [0.25, 0.3) is 0 Å². The quantitative estimate of drug-likeness (QED) is 0.544. The van der Waals surface area contributed by atoms with Crippen LogP contribution >= 0.6 is 0 Å². The first kappa shape index (κ1) is 22.1. The Balaban J connectivity index is 0.00000242. The zero-order chi connectivity index (χ0) is 15.1. The molecule has 0 spiro atoms. The first-order valence-electron chi connectivity index (χ1n) is 7.59. The topological polar surface area (TPSA) is 57.3 Å². The number of amides is 1. The van der Waals surface area contributed by atoms with Gasteiger partial charge in [-0.05, 0) is 19.9 Å². The average Bonchev–Trinajstić information content (AvgIpc) is 2.49. The minimum Gasteiger partial charge on any atom is -1.00 e. The zero-order valence-electron chi connectivity index (χ0n) is 13.6. The molecule has 132 valence electrons. The molecule has 1 aromatic rings. The second-order valence-electron chi connectivity index (χ2n) is 5.23. The summed E-state index contributed by atoms with van der Waals surface area (Å²) < 4.78 is 10.5. The molecule has 6 nitrogen and oxygen atoms in total. The number of carbonyl (C=O) groups is 1. The Morgan fingerprint density at radius 3 is 2.65 bits per heavy atom. The molecular formula is C15H25Cl2N3O3. The van der Waals surface area contributed by atoms with Crippen LogP contribution in [0.3, 0.4) is 0 Å². The third-order valence-electron chi connectivity index (χ3n) is 3.65. The van der Waals surface area contributed by atoms with Crippen molar-refractivity contribution in [1.82, 2.24) is 4.98 Å². The lowest BCUT2D eigenvalue weighted by Gasteiger charge is -2.24. The van der Waals surface area contributed by atoms with Crippen molar-refractivity contribution in [2.24, 2.45) is 0 Å². The summed E-state index contributed by atoms with van der Waals surface area (Å²) in [6, 6.07) is 5.74. The van der Waals surface area contributed by atoms with Crippen LogP contribution in [0, 0.1) is 6.92 Å². The molecule has 1 aliphatic rings. The smallest absolute Gasteiger partial charge is 0.521 e. The van der Waals surface area contributed by atoms with E-state index in [0.717, 1.165) is 44.4 Å². The molecule has 0 saturated carbocycles. The van der Waals surface area contributed by atoms with Gasteiger partial charge < -0.3 is 39.2 Å². The predicted molar refractivity (Wildman–Crippen MR) is 77.9 cm³/mol. The van der Waals surface area contributed by atoms with Crippen molar-refractivity contribution < 1.29 is 48.9 Å². The fourth-order valence-corrected chi connectivity index (χ4v) is 2.48. The lowest BCUT2D eigenvalue weighted by molar-refractivity contribution is -0.927. The van der Waals surface area contributed by atoms with Crippen LogP contribution in [-0.4, -0.2) is 57.1 Å². The summed E-state index contributed by atoms with van der Waals surface area (Å²) in [5.41, 5.74) is 0.910. The average molecular weight is 366 g/mol. The highest BCUT2D eigenvalue weighted by Gasteiger charge is 2.27. The second kappa shape index (κ2) is 11.6. The Morgan fingerprint density at radius 1 is 1.35 bits per heavy atom. The number of nitrogens with one attached hydrogen (secondary N) is 2. The Morgan fingerprint density at radius 2 is 2.04 bits per heavy atom. The number of alkyl carbamates (subject to hydrolysis) is 1. The molecule has 8 heteroatoms. The predicted octanol–water partition coefficient (Wildman–Crippen LogP) is -7.01. The molecule has 2 N–H and O–H groups in total. The number of aryl methyl sites for hydroxylation is 1. The first-order valence-corrected chi connectivity index (χ1v) is 7.59. The summed E-state index contributed by atoms with van der Waals surface area (Å²) in [5, 5.41) is 0. The summed E-state index contributed by atoms with van der Waals surface area (Å²) >= 11 is 0. The van der Waals surface area contributed by atoms with Crippen molar-refractivity contribution in [2.45, 2.75) is 13.8 Å². The third-order valence-corrected chi connectivity index (χ3v) is 3.65. The van der Waals surface area contributed by atoms with Gasteiger partial charge in [0.05, 0.1) is 19.8 Å². The molecular weight excluding hydrogens is 341 g/mol. The number of carbonyl (C=O) groups excluding carboxylic acids is 1. The number of hydrogen-bond acceptors (Lipinski definition) is 4. The molecule has 1 fully saturated rings. The molecule has 0 radical (unpaired) electrons. The van der Waals surface area contributed by atoms with Gasteiger partial charge in [-0.1, -0.05) is 6.07 Å². The van der Waals surface area contributed by atoms with Crippen molar-refractivity contribution in [3.05, 3.63) is 23.9 Å². The van der Waals surface area contributed by atoms with Crippen LogP contribution in [0.25, 0.3) is 0 Å². The molecule has 1 unspecified atom stereocenters. The number of nitrogens with zero attached hydrogens (tertiary/aromatic N) is 1. The highest BCUT2D eigenvalue weighted by molar-refractivity contribution is 5.59. The number of hydrogen-bond donors (Lipinski definition) is 2. The van der Waals surface area contributed by atoms with Crippen molar-refractivity contribution in [1.29, 1.82) is 0 Å². The van der Waals surface area contributed by atoms with E-state index < -0.39 is 0 Å². The molecule has 2 rings (SSSR count). The number of morpholine rings is 1. The molecule has 1 amide bonds. The summed E-state index contributed by atoms with van der Waals surface area (Å²) in [5.74, 6) is 0.737. The van der Waals surface area contributed by atoms with Crippen LogP contribution in [0.15, 0.2) is 18.2 Å². The van der Waals surface area contributed by atoms with Crippen LogP contribution in [0.1, 0.15) is 12.6 Å². The van der Waals surface area contributed by atoms with Crippen LogP contribution in [0.5, 0.6) is 0 Å². The van der Waals surface area contributed by atoms with Gasteiger partial charge >= 0.3 is 6.09 Å². The number of quaternary nitrogens is 2. The van der Waals surface area contributed by atoms with Crippen molar-refractivity contribution >= 4 is 11.9 Å². The van der Waals surface area contributed by atoms with Crippen molar-refractivity contribution in [2.75, 3.05) is 46.0 Å². The summed E-state index contributed by atoms with van der Waals surface area (Å²) in [6.45, 7) is 9.33. The minimum atomic E-state index is -0.247. The summed E-state index contributed by atoms with van der Waals surface area (Å²) in [4.78, 5) is 18.8. The van der Waals surface area contributed by atoms with Crippen LogP contribution < -0.4 is 34.6 Å². The van der Waals surface area contributed by atoms with E-state index in [2.05, 4.69) is 4.98 Å². The number of halogens is 2. The van der Waals surface area contributed by atoms with Gasteiger partial charge in [-0.15, -0.1) is 0 Å². The van der Waals surface area contributed by atoms with E-state index in [1.807, 2.05) is 32.0 Å². The molecule has 1 aromatic heterocycles. The van der Waals surface area contributed by atoms with E-state index in [-0.39, 0.29) is 30.9 Å². The maximum Gasteiger partial charge on any atom is 0.521 e. The Labute approximate surface area is 150 Å². The van der Waals surface area contributed by atoms with Gasteiger partial charge in [0.2, 0.25) is 5.82 Å². The molecule has 1 atom stereocenters. The van der Waals surface area contributed by atoms with Gasteiger partial charge in [-0.2, -0.15) is 9.69 Å². The molecule has 1 saturated heterocycles. The van der Waals surface area contributed by atoms with Crippen LogP contribution in [-0.2, 0) is 9.47 Å². The highest BCUT2D eigenvalue weighted by Crippen LogP contribution is 1.98. The normalized spacial score (nSPS) is 15.9. The molecule has 23 heavy (non-hydrogen) atoms. The molecule has 0 aromatic carbocycles. The Kier molecular flexibility index (Phi) is 11.1. The van der Waals surface area contributed by atoms with E-state index in [1.165, 1.54) is 4.90 Å². The van der Waals surface area contributed by atoms with E-state index in [1.54, 1.807) is 0 Å². The lowest BCUT2D eigenvalue weighted by Crippen LogP contribution is -3.20. The molecule has 0 aliphatic carbocycles. The number of rotatable bonds is 5. The zero-order valence-corrected chi connectivity index (χ0v) is 15.1. The summed E-state index contributed by atoms with van der Waals surface area (Å²) in [6.07, 6.45) is -0.247. The summed E-state index contributed by atoms with van der Waals surface area (Å²) in [7, 11) is 0. The first-order chi connectivity index (χ1) is 10.2. The standard InChI is InChI=1S/C15H23N3O3.2ClH/c1-3-21-15(19)18(14-6-4-5-13(2)16-14)8-7-17-9-11-20-12-10-17;;/h4-6H,3,7-12H2,1-2H3;2*1H.